The van der Waals surface area contributed by atoms with Gasteiger partial charge >= 0.3 is 0 Å². The molecule has 1 rings (SSSR count). The normalized spacial score (nSPS) is 21.1. The second-order valence-electron chi connectivity index (χ2n) is 4.83. The molecule has 1 N–H and O–H groups in total. The summed E-state index contributed by atoms with van der Waals surface area (Å²) in [6, 6.07) is 0.828. The zero-order valence-electron chi connectivity index (χ0n) is 11.0. The zero-order valence-corrected chi connectivity index (χ0v) is 11.0. The van der Waals surface area contributed by atoms with Crippen LogP contribution in [-0.4, -0.2) is 36.5 Å². The van der Waals surface area contributed by atoms with Crippen LogP contribution in [0, 0.1) is 0 Å². The summed E-state index contributed by atoms with van der Waals surface area (Å²) >= 11 is 0. The molecule has 1 saturated heterocycles. The molecule has 0 spiro atoms. The van der Waals surface area contributed by atoms with Crippen LogP contribution in [0.25, 0.3) is 0 Å². The molecule has 0 aromatic carbocycles. The third kappa shape index (κ3) is 3.78. The molecule has 0 bridgehead atoms. The summed E-state index contributed by atoms with van der Waals surface area (Å²) in [5, 5.41) is 3.43. The van der Waals surface area contributed by atoms with E-state index in [-0.39, 0.29) is 0 Å². The molecule has 1 aliphatic rings. The van der Waals surface area contributed by atoms with E-state index in [2.05, 4.69) is 19.2 Å². The van der Waals surface area contributed by atoms with Crippen molar-refractivity contribution >= 4 is 5.91 Å². The lowest BCUT2D eigenvalue weighted by Crippen LogP contribution is -2.42. The van der Waals surface area contributed by atoms with Crippen LogP contribution in [0.1, 0.15) is 52.4 Å². The van der Waals surface area contributed by atoms with Gasteiger partial charge in [-0.1, -0.05) is 20.3 Å². The predicted molar refractivity (Wildman–Crippen MR) is 67.4 cm³/mol. The van der Waals surface area contributed by atoms with Crippen molar-refractivity contribution in [2.75, 3.05) is 13.6 Å². The first-order valence-electron chi connectivity index (χ1n) is 6.68. The number of nitrogens with zero attached hydrogens (tertiary/aromatic N) is 1. The van der Waals surface area contributed by atoms with Crippen LogP contribution in [0.5, 0.6) is 0 Å². The van der Waals surface area contributed by atoms with E-state index in [4.69, 9.17) is 0 Å². The van der Waals surface area contributed by atoms with Gasteiger partial charge in [-0.25, -0.2) is 0 Å². The summed E-state index contributed by atoms with van der Waals surface area (Å²) in [6.45, 7) is 5.38. The maximum Gasteiger partial charge on any atom is 0.224 e. The summed E-state index contributed by atoms with van der Waals surface area (Å²) in [4.78, 5) is 14.0. The topological polar surface area (TPSA) is 32.3 Å². The fraction of sp³-hybridized carbons (Fsp3) is 0.923. The van der Waals surface area contributed by atoms with E-state index < -0.39 is 0 Å². The van der Waals surface area contributed by atoms with Crippen LogP contribution < -0.4 is 5.32 Å². The predicted octanol–water partition coefficient (Wildman–Crippen LogP) is 2.17. The summed E-state index contributed by atoms with van der Waals surface area (Å²) in [5.41, 5.74) is 0. The van der Waals surface area contributed by atoms with Gasteiger partial charge in [0.25, 0.3) is 0 Å². The van der Waals surface area contributed by atoms with E-state index in [1.165, 1.54) is 12.8 Å². The van der Waals surface area contributed by atoms with Crippen molar-refractivity contribution < 1.29 is 4.79 Å². The molecule has 0 aromatic heterocycles. The van der Waals surface area contributed by atoms with Gasteiger partial charge in [-0.05, 0) is 32.2 Å². The first-order valence-corrected chi connectivity index (χ1v) is 6.68. The highest BCUT2D eigenvalue weighted by atomic mass is 16.2. The molecular weight excluding hydrogens is 200 g/mol. The standard InChI is InChI=1S/C13H26N2O/c1-4-12(5-2)15(3)13(16)10-11-8-6-7-9-14-11/h11-12,14H,4-10H2,1-3H3. The number of rotatable bonds is 5. The number of carbonyl (C=O) groups is 1. The second kappa shape index (κ2) is 6.89. The molecule has 0 aromatic rings. The SMILES string of the molecule is CCC(CC)N(C)C(=O)CC1CCCCN1. The Kier molecular flexibility index (Phi) is 5.81. The molecule has 94 valence electrons. The van der Waals surface area contributed by atoms with Crippen molar-refractivity contribution in [1.29, 1.82) is 0 Å². The molecule has 1 unspecified atom stereocenters. The fourth-order valence-electron chi connectivity index (χ4n) is 2.49. The van der Waals surface area contributed by atoms with Crippen LogP contribution in [0.3, 0.4) is 0 Å². The van der Waals surface area contributed by atoms with Crippen LogP contribution >= 0.6 is 0 Å². The Labute approximate surface area is 99.6 Å². The Morgan fingerprint density at radius 1 is 1.38 bits per heavy atom. The van der Waals surface area contributed by atoms with Crippen LogP contribution in [0.2, 0.25) is 0 Å². The van der Waals surface area contributed by atoms with Gasteiger partial charge in [0.15, 0.2) is 0 Å². The molecule has 0 aliphatic carbocycles. The number of amides is 1. The average molecular weight is 226 g/mol. The number of nitrogens with one attached hydrogen (secondary N) is 1. The molecular formula is C13H26N2O. The summed E-state index contributed by atoms with van der Waals surface area (Å²) in [7, 11) is 1.95. The van der Waals surface area contributed by atoms with Gasteiger partial charge in [0, 0.05) is 25.6 Å². The molecule has 1 aliphatic heterocycles. The molecule has 0 radical (unpaired) electrons. The first kappa shape index (κ1) is 13.5. The molecule has 1 atom stereocenters. The molecule has 1 fully saturated rings. The van der Waals surface area contributed by atoms with E-state index in [0.29, 0.717) is 24.4 Å². The quantitative estimate of drug-likeness (QED) is 0.779. The lowest BCUT2D eigenvalue weighted by Gasteiger charge is -2.29. The van der Waals surface area contributed by atoms with Crippen LogP contribution in [-0.2, 0) is 4.79 Å². The van der Waals surface area contributed by atoms with Gasteiger partial charge in [-0.15, -0.1) is 0 Å². The van der Waals surface area contributed by atoms with E-state index in [9.17, 15) is 4.79 Å². The van der Waals surface area contributed by atoms with Crippen molar-refractivity contribution in [1.82, 2.24) is 10.2 Å². The minimum absolute atomic E-state index is 0.299. The summed E-state index contributed by atoms with van der Waals surface area (Å²) in [5.74, 6) is 0.299. The molecule has 3 nitrogen and oxygen atoms in total. The molecule has 1 amide bonds. The van der Waals surface area contributed by atoms with Crippen molar-refractivity contribution in [3.8, 4) is 0 Å². The second-order valence-corrected chi connectivity index (χ2v) is 4.83. The largest absolute Gasteiger partial charge is 0.343 e. The van der Waals surface area contributed by atoms with Gasteiger partial charge < -0.3 is 10.2 Å². The van der Waals surface area contributed by atoms with Gasteiger partial charge in [0.05, 0.1) is 0 Å². The van der Waals surface area contributed by atoms with Crippen molar-refractivity contribution in [3.05, 3.63) is 0 Å². The first-order chi connectivity index (χ1) is 7.69. The zero-order chi connectivity index (χ0) is 12.0. The van der Waals surface area contributed by atoms with Gasteiger partial charge in [0.1, 0.15) is 0 Å². The van der Waals surface area contributed by atoms with Gasteiger partial charge in [0.2, 0.25) is 5.91 Å². The minimum atomic E-state index is 0.299. The minimum Gasteiger partial charge on any atom is -0.343 e. The van der Waals surface area contributed by atoms with E-state index in [1.54, 1.807) is 0 Å². The Hall–Kier alpha value is -0.570. The highest BCUT2D eigenvalue weighted by Gasteiger charge is 2.21. The Balaban J connectivity index is 2.37. The van der Waals surface area contributed by atoms with E-state index >= 15 is 0 Å². The molecule has 16 heavy (non-hydrogen) atoms. The molecule has 1 heterocycles. The Morgan fingerprint density at radius 2 is 2.06 bits per heavy atom. The smallest absolute Gasteiger partial charge is 0.224 e. The summed E-state index contributed by atoms with van der Waals surface area (Å²) < 4.78 is 0. The summed E-state index contributed by atoms with van der Waals surface area (Å²) in [6.07, 6.45) is 6.45. The van der Waals surface area contributed by atoms with Crippen molar-refractivity contribution in [2.45, 2.75) is 64.5 Å². The fourth-order valence-corrected chi connectivity index (χ4v) is 2.49. The number of hydrogen-bond acceptors (Lipinski definition) is 2. The number of carbonyl (C=O) groups excluding carboxylic acids is 1. The molecule has 0 saturated carbocycles. The average Bonchev–Trinajstić information content (AvgIpc) is 2.31. The Morgan fingerprint density at radius 3 is 2.56 bits per heavy atom. The third-order valence-electron chi connectivity index (χ3n) is 3.72. The monoisotopic (exact) mass is 226 g/mol. The maximum absolute atomic E-state index is 12.1. The van der Waals surface area contributed by atoms with Crippen molar-refractivity contribution in [3.63, 3.8) is 0 Å². The number of piperidine rings is 1. The Bertz CT molecular complexity index is 208. The lowest BCUT2D eigenvalue weighted by atomic mass is 10.0. The van der Waals surface area contributed by atoms with Gasteiger partial charge in [-0.3, -0.25) is 4.79 Å². The molecule has 3 heteroatoms. The van der Waals surface area contributed by atoms with E-state index in [0.717, 1.165) is 25.8 Å². The van der Waals surface area contributed by atoms with Crippen LogP contribution in [0.4, 0.5) is 0 Å². The van der Waals surface area contributed by atoms with Crippen LogP contribution in [0.15, 0.2) is 0 Å². The van der Waals surface area contributed by atoms with E-state index in [1.807, 2.05) is 11.9 Å². The third-order valence-corrected chi connectivity index (χ3v) is 3.72. The highest BCUT2D eigenvalue weighted by molar-refractivity contribution is 5.76. The van der Waals surface area contributed by atoms with Crippen molar-refractivity contribution in [2.24, 2.45) is 0 Å². The lowest BCUT2D eigenvalue weighted by molar-refractivity contribution is -0.132. The highest BCUT2D eigenvalue weighted by Crippen LogP contribution is 2.13. The van der Waals surface area contributed by atoms with Gasteiger partial charge in [-0.2, -0.15) is 0 Å². The number of hydrogen-bond donors (Lipinski definition) is 1. The maximum atomic E-state index is 12.1.